The van der Waals surface area contributed by atoms with Gasteiger partial charge in [0.05, 0.1) is 0 Å². The van der Waals surface area contributed by atoms with Crippen molar-refractivity contribution in [3.8, 4) is 5.75 Å². The maximum absolute atomic E-state index is 12.4. The second-order valence-electron chi connectivity index (χ2n) is 7.63. The molecule has 2 amide bonds. The number of para-hydroxylation sites is 1. The molecule has 1 N–H and O–H groups in total. The van der Waals surface area contributed by atoms with Crippen LogP contribution < -0.4 is 10.1 Å². The second-order valence-corrected chi connectivity index (χ2v) is 8.63. The van der Waals surface area contributed by atoms with Crippen LogP contribution in [0.3, 0.4) is 0 Å². The molecule has 2 aromatic carbocycles. The fourth-order valence-corrected chi connectivity index (χ4v) is 4.46. The Balaban J connectivity index is 1.16. The molecule has 0 radical (unpaired) electrons. The Morgan fingerprint density at radius 1 is 0.968 bits per heavy atom. The molecule has 0 aliphatic carbocycles. The molecule has 0 fully saturated rings. The van der Waals surface area contributed by atoms with Crippen molar-refractivity contribution in [1.82, 2.24) is 10.2 Å². The highest BCUT2D eigenvalue weighted by Gasteiger charge is 2.21. The fraction of sp³-hybridized carbons (Fsp3) is 0.280. The van der Waals surface area contributed by atoms with Crippen LogP contribution in [0.1, 0.15) is 34.4 Å². The SMILES string of the molecule is O=C(CCC(=O)N1CCc2sccc2C1)NCc1ccc(COc2ccccc2)cc1. The number of nitrogens with one attached hydrogen (secondary N) is 1. The number of rotatable bonds is 8. The lowest BCUT2D eigenvalue weighted by atomic mass is 10.1. The van der Waals surface area contributed by atoms with Gasteiger partial charge in [-0.2, -0.15) is 0 Å². The highest BCUT2D eigenvalue weighted by atomic mass is 32.1. The van der Waals surface area contributed by atoms with Crippen molar-refractivity contribution < 1.29 is 14.3 Å². The number of ether oxygens (including phenoxy) is 1. The molecule has 3 aromatic rings. The molecule has 1 aliphatic heterocycles. The summed E-state index contributed by atoms with van der Waals surface area (Å²) in [5, 5.41) is 4.99. The summed E-state index contributed by atoms with van der Waals surface area (Å²) >= 11 is 1.76. The van der Waals surface area contributed by atoms with Gasteiger partial charge in [0.2, 0.25) is 11.8 Å². The van der Waals surface area contributed by atoms with E-state index in [0.717, 1.165) is 29.8 Å². The molecule has 0 unspecified atom stereocenters. The average Bonchev–Trinajstić information content (AvgIpc) is 3.29. The summed E-state index contributed by atoms with van der Waals surface area (Å²) in [6.07, 6.45) is 1.38. The number of hydrogen-bond acceptors (Lipinski definition) is 4. The minimum Gasteiger partial charge on any atom is -0.489 e. The first-order valence-corrected chi connectivity index (χ1v) is 11.4. The molecule has 0 bridgehead atoms. The van der Waals surface area contributed by atoms with E-state index in [1.165, 1.54) is 10.4 Å². The van der Waals surface area contributed by atoms with E-state index < -0.39 is 0 Å². The van der Waals surface area contributed by atoms with E-state index in [-0.39, 0.29) is 24.7 Å². The van der Waals surface area contributed by atoms with Crippen LogP contribution in [0, 0.1) is 0 Å². The summed E-state index contributed by atoms with van der Waals surface area (Å²) in [6, 6.07) is 19.8. The largest absolute Gasteiger partial charge is 0.489 e. The molecule has 0 atom stereocenters. The van der Waals surface area contributed by atoms with E-state index in [1.807, 2.05) is 59.5 Å². The van der Waals surface area contributed by atoms with Gasteiger partial charge in [-0.05, 0) is 46.7 Å². The fourth-order valence-electron chi connectivity index (χ4n) is 3.57. The first-order chi connectivity index (χ1) is 15.2. The van der Waals surface area contributed by atoms with Crippen molar-refractivity contribution in [3.05, 3.63) is 87.6 Å². The van der Waals surface area contributed by atoms with Crippen LogP contribution in [0.25, 0.3) is 0 Å². The van der Waals surface area contributed by atoms with Crippen LogP contribution in [0.15, 0.2) is 66.0 Å². The molecule has 1 aromatic heterocycles. The van der Waals surface area contributed by atoms with E-state index in [9.17, 15) is 9.59 Å². The van der Waals surface area contributed by atoms with Gasteiger partial charge in [-0.15, -0.1) is 11.3 Å². The predicted octanol–water partition coefficient (Wildman–Crippen LogP) is 4.31. The van der Waals surface area contributed by atoms with Gasteiger partial charge in [-0.3, -0.25) is 9.59 Å². The topological polar surface area (TPSA) is 58.6 Å². The summed E-state index contributed by atoms with van der Waals surface area (Å²) in [6.45, 7) is 2.37. The molecule has 6 heteroatoms. The number of thiophene rings is 1. The molecule has 0 saturated carbocycles. The number of carbonyl (C=O) groups is 2. The Morgan fingerprint density at radius 3 is 2.55 bits per heavy atom. The Kier molecular flexibility index (Phi) is 6.99. The number of nitrogens with zero attached hydrogens (tertiary/aromatic N) is 1. The first kappa shape index (κ1) is 21.1. The molecular formula is C25H26N2O3S. The minimum absolute atomic E-state index is 0.0507. The number of fused-ring (bicyclic) bond motifs is 1. The van der Waals surface area contributed by atoms with Gasteiger partial charge in [0, 0.05) is 37.4 Å². The van der Waals surface area contributed by atoms with Crippen molar-refractivity contribution in [3.63, 3.8) is 0 Å². The summed E-state index contributed by atoms with van der Waals surface area (Å²) in [5.74, 6) is 0.793. The lowest BCUT2D eigenvalue weighted by Gasteiger charge is -2.27. The van der Waals surface area contributed by atoms with Gasteiger partial charge in [0.25, 0.3) is 0 Å². The monoisotopic (exact) mass is 434 g/mol. The zero-order valence-corrected chi connectivity index (χ0v) is 18.2. The van der Waals surface area contributed by atoms with Crippen LogP contribution in [0.5, 0.6) is 5.75 Å². The van der Waals surface area contributed by atoms with Crippen LogP contribution in [0.4, 0.5) is 0 Å². The van der Waals surface area contributed by atoms with Gasteiger partial charge in [0.1, 0.15) is 12.4 Å². The quantitative estimate of drug-likeness (QED) is 0.575. The summed E-state index contributed by atoms with van der Waals surface area (Å²) < 4.78 is 5.74. The molecule has 0 saturated heterocycles. The zero-order chi connectivity index (χ0) is 21.5. The standard InChI is InChI=1S/C25H26N2O3S/c28-24(10-11-25(29)27-14-12-23-21(17-27)13-15-31-23)26-16-19-6-8-20(9-7-19)18-30-22-4-2-1-3-5-22/h1-9,13,15H,10-12,14,16-18H2,(H,26,28). The average molecular weight is 435 g/mol. The van der Waals surface area contributed by atoms with Gasteiger partial charge in [0.15, 0.2) is 0 Å². The molecule has 4 rings (SSSR count). The number of carbonyl (C=O) groups excluding carboxylic acids is 2. The Morgan fingerprint density at radius 2 is 1.74 bits per heavy atom. The first-order valence-electron chi connectivity index (χ1n) is 10.5. The maximum Gasteiger partial charge on any atom is 0.223 e. The Bertz CT molecular complexity index is 1010. The zero-order valence-electron chi connectivity index (χ0n) is 17.4. The molecule has 160 valence electrons. The third kappa shape index (κ3) is 5.95. The highest BCUT2D eigenvalue weighted by Crippen LogP contribution is 2.24. The van der Waals surface area contributed by atoms with E-state index in [4.69, 9.17) is 4.74 Å². The Labute approximate surface area is 186 Å². The van der Waals surface area contributed by atoms with Crippen molar-refractivity contribution >= 4 is 23.2 Å². The molecule has 0 spiro atoms. The molecule has 1 aliphatic rings. The maximum atomic E-state index is 12.4. The van der Waals surface area contributed by atoms with E-state index in [1.54, 1.807) is 11.3 Å². The second kappa shape index (κ2) is 10.3. The lowest BCUT2D eigenvalue weighted by molar-refractivity contribution is -0.134. The number of hydrogen-bond donors (Lipinski definition) is 1. The minimum atomic E-state index is -0.0990. The third-order valence-corrected chi connectivity index (χ3v) is 6.41. The molecule has 5 nitrogen and oxygen atoms in total. The number of benzene rings is 2. The van der Waals surface area contributed by atoms with Crippen molar-refractivity contribution in [2.45, 2.75) is 39.0 Å². The van der Waals surface area contributed by atoms with Gasteiger partial charge >= 0.3 is 0 Å². The summed E-state index contributed by atoms with van der Waals surface area (Å²) in [4.78, 5) is 27.9. The Hall–Kier alpha value is -3.12. The molecular weight excluding hydrogens is 408 g/mol. The van der Waals surface area contributed by atoms with Gasteiger partial charge < -0.3 is 15.0 Å². The predicted molar refractivity (Wildman–Crippen MR) is 122 cm³/mol. The molecule has 2 heterocycles. The van der Waals surface area contributed by atoms with Crippen LogP contribution in [0.2, 0.25) is 0 Å². The summed E-state index contributed by atoms with van der Waals surface area (Å²) in [7, 11) is 0. The van der Waals surface area contributed by atoms with Gasteiger partial charge in [-0.25, -0.2) is 0 Å². The lowest BCUT2D eigenvalue weighted by Crippen LogP contribution is -2.36. The van der Waals surface area contributed by atoms with Gasteiger partial charge in [-0.1, -0.05) is 42.5 Å². The van der Waals surface area contributed by atoms with E-state index >= 15 is 0 Å². The van der Waals surface area contributed by atoms with E-state index in [2.05, 4.69) is 16.8 Å². The third-order valence-electron chi connectivity index (χ3n) is 5.39. The smallest absolute Gasteiger partial charge is 0.223 e. The van der Waals surface area contributed by atoms with Crippen molar-refractivity contribution in [2.75, 3.05) is 6.54 Å². The van der Waals surface area contributed by atoms with Crippen molar-refractivity contribution in [1.29, 1.82) is 0 Å². The van der Waals surface area contributed by atoms with Crippen LogP contribution >= 0.6 is 11.3 Å². The molecule has 31 heavy (non-hydrogen) atoms. The summed E-state index contributed by atoms with van der Waals surface area (Å²) in [5.41, 5.74) is 3.33. The van der Waals surface area contributed by atoms with Crippen LogP contribution in [-0.2, 0) is 35.7 Å². The van der Waals surface area contributed by atoms with Crippen molar-refractivity contribution in [2.24, 2.45) is 0 Å². The highest BCUT2D eigenvalue weighted by molar-refractivity contribution is 7.10. The number of amides is 2. The van der Waals surface area contributed by atoms with Crippen LogP contribution in [-0.4, -0.2) is 23.3 Å². The normalized spacial score (nSPS) is 12.8. The van der Waals surface area contributed by atoms with E-state index in [0.29, 0.717) is 19.7 Å².